The van der Waals surface area contributed by atoms with Crippen LogP contribution in [0.25, 0.3) is 0 Å². The standard InChI is InChI=1S/C15H21NO3/c17-11-13-5-2-1-4-12(13)10-16-15(18)8-7-14-6-3-9-19-14/h1-2,4-5,14,17H,3,6-11H2,(H,16,18). The minimum atomic E-state index is 0.00194. The normalized spacial score (nSPS) is 18.5. The van der Waals surface area contributed by atoms with Crippen molar-refractivity contribution in [3.8, 4) is 0 Å². The highest BCUT2D eigenvalue weighted by Crippen LogP contribution is 2.16. The number of rotatable bonds is 6. The van der Waals surface area contributed by atoms with E-state index in [0.29, 0.717) is 13.0 Å². The molecule has 0 saturated carbocycles. The molecule has 1 aliphatic rings. The van der Waals surface area contributed by atoms with Crippen molar-refractivity contribution in [2.75, 3.05) is 6.61 Å². The van der Waals surface area contributed by atoms with Crippen molar-refractivity contribution < 1.29 is 14.6 Å². The first-order valence-electron chi connectivity index (χ1n) is 6.85. The number of nitrogens with one attached hydrogen (secondary N) is 1. The van der Waals surface area contributed by atoms with Crippen LogP contribution in [-0.4, -0.2) is 23.7 Å². The van der Waals surface area contributed by atoms with E-state index in [4.69, 9.17) is 4.74 Å². The van der Waals surface area contributed by atoms with E-state index in [1.807, 2.05) is 24.3 Å². The summed E-state index contributed by atoms with van der Waals surface area (Å²) in [6, 6.07) is 7.58. The molecule has 0 spiro atoms. The zero-order valence-corrected chi connectivity index (χ0v) is 11.1. The van der Waals surface area contributed by atoms with Crippen molar-refractivity contribution in [3.63, 3.8) is 0 Å². The van der Waals surface area contributed by atoms with E-state index >= 15 is 0 Å². The number of carbonyl (C=O) groups is 1. The molecule has 1 aromatic rings. The Bertz CT molecular complexity index is 414. The van der Waals surface area contributed by atoms with Crippen LogP contribution in [0.15, 0.2) is 24.3 Å². The number of benzene rings is 1. The Kier molecular flexibility index (Phi) is 5.36. The summed E-state index contributed by atoms with van der Waals surface area (Å²) >= 11 is 0. The van der Waals surface area contributed by atoms with Crippen LogP contribution in [0.1, 0.15) is 36.8 Å². The summed E-state index contributed by atoms with van der Waals surface area (Å²) in [5, 5.41) is 12.1. The van der Waals surface area contributed by atoms with Gasteiger partial charge in [0, 0.05) is 19.6 Å². The zero-order valence-electron chi connectivity index (χ0n) is 11.1. The van der Waals surface area contributed by atoms with Crippen LogP contribution < -0.4 is 5.32 Å². The molecule has 2 N–H and O–H groups in total. The number of ether oxygens (including phenoxy) is 1. The average molecular weight is 263 g/mol. The highest BCUT2D eigenvalue weighted by atomic mass is 16.5. The van der Waals surface area contributed by atoms with Crippen LogP contribution in [-0.2, 0) is 22.7 Å². The molecule has 0 radical (unpaired) electrons. The van der Waals surface area contributed by atoms with E-state index < -0.39 is 0 Å². The fraction of sp³-hybridized carbons (Fsp3) is 0.533. The molecule has 2 rings (SSSR count). The minimum Gasteiger partial charge on any atom is -0.392 e. The van der Waals surface area contributed by atoms with Crippen LogP contribution in [0.5, 0.6) is 0 Å². The second kappa shape index (κ2) is 7.26. The van der Waals surface area contributed by atoms with Crippen molar-refractivity contribution in [1.82, 2.24) is 5.32 Å². The fourth-order valence-electron chi connectivity index (χ4n) is 2.33. The molecule has 0 bridgehead atoms. The van der Waals surface area contributed by atoms with Gasteiger partial charge >= 0.3 is 0 Å². The van der Waals surface area contributed by atoms with Crippen LogP contribution in [0.4, 0.5) is 0 Å². The van der Waals surface area contributed by atoms with E-state index in [0.717, 1.165) is 37.0 Å². The lowest BCUT2D eigenvalue weighted by atomic mass is 10.1. The monoisotopic (exact) mass is 263 g/mol. The van der Waals surface area contributed by atoms with Gasteiger partial charge < -0.3 is 15.2 Å². The van der Waals surface area contributed by atoms with E-state index in [1.54, 1.807) is 0 Å². The second-order valence-corrected chi connectivity index (χ2v) is 4.88. The molecule has 1 fully saturated rings. The SMILES string of the molecule is O=C(CCC1CCCO1)NCc1ccccc1CO. The van der Waals surface area contributed by atoms with E-state index in [9.17, 15) is 9.90 Å². The van der Waals surface area contributed by atoms with Crippen molar-refractivity contribution in [1.29, 1.82) is 0 Å². The quantitative estimate of drug-likeness (QED) is 0.822. The fourth-order valence-corrected chi connectivity index (χ4v) is 2.33. The van der Waals surface area contributed by atoms with Crippen LogP contribution >= 0.6 is 0 Å². The first kappa shape index (κ1) is 14.0. The summed E-state index contributed by atoms with van der Waals surface area (Å²) in [7, 11) is 0. The van der Waals surface area contributed by atoms with Crippen LogP contribution in [0.2, 0.25) is 0 Å². The van der Waals surface area contributed by atoms with Gasteiger partial charge in [0.25, 0.3) is 0 Å². The summed E-state index contributed by atoms with van der Waals surface area (Å²) in [4.78, 5) is 11.7. The molecule has 104 valence electrons. The van der Waals surface area contributed by atoms with Gasteiger partial charge in [0.2, 0.25) is 5.91 Å². The third-order valence-electron chi connectivity index (χ3n) is 3.48. The molecule has 1 aliphatic heterocycles. The van der Waals surface area contributed by atoms with Gasteiger partial charge in [0.15, 0.2) is 0 Å². The summed E-state index contributed by atoms with van der Waals surface area (Å²) < 4.78 is 5.49. The highest BCUT2D eigenvalue weighted by molar-refractivity contribution is 5.75. The zero-order chi connectivity index (χ0) is 13.5. The Hall–Kier alpha value is -1.39. The number of aliphatic hydroxyl groups is 1. The van der Waals surface area contributed by atoms with E-state index in [2.05, 4.69) is 5.32 Å². The molecule has 1 saturated heterocycles. The van der Waals surface area contributed by atoms with Gasteiger partial charge in [0.05, 0.1) is 12.7 Å². The van der Waals surface area contributed by atoms with Crippen molar-refractivity contribution in [3.05, 3.63) is 35.4 Å². The van der Waals surface area contributed by atoms with Gasteiger partial charge in [-0.25, -0.2) is 0 Å². The largest absolute Gasteiger partial charge is 0.392 e. The first-order valence-corrected chi connectivity index (χ1v) is 6.85. The van der Waals surface area contributed by atoms with Gasteiger partial charge in [-0.1, -0.05) is 24.3 Å². The molecule has 0 aliphatic carbocycles. The van der Waals surface area contributed by atoms with Gasteiger partial charge in [0.1, 0.15) is 0 Å². The maximum absolute atomic E-state index is 11.7. The first-order chi connectivity index (χ1) is 9.29. The summed E-state index contributed by atoms with van der Waals surface area (Å²) in [6.45, 7) is 1.30. The van der Waals surface area contributed by atoms with Crippen molar-refractivity contribution in [2.24, 2.45) is 0 Å². The molecular weight excluding hydrogens is 242 g/mol. The van der Waals surface area contributed by atoms with E-state index in [1.165, 1.54) is 0 Å². The predicted octanol–water partition coefficient (Wildman–Crippen LogP) is 1.75. The molecule has 0 aromatic heterocycles. The number of hydrogen-bond acceptors (Lipinski definition) is 3. The number of carbonyl (C=O) groups excluding carboxylic acids is 1. The third-order valence-corrected chi connectivity index (χ3v) is 3.48. The maximum Gasteiger partial charge on any atom is 0.220 e. The Labute approximate surface area is 113 Å². The molecule has 1 unspecified atom stereocenters. The topological polar surface area (TPSA) is 58.6 Å². The summed E-state index contributed by atoms with van der Waals surface area (Å²) in [5.74, 6) is 0.0447. The molecule has 1 aromatic carbocycles. The molecule has 19 heavy (non-hydrogen) atoms. The third kappa shape index (κ3) is 4.33. The highest BCUT2D eigenvalue weighted by Gasteiger charge is 2.16. The minimum absolute atomic E-state index is 0.00194. The lowest BCUT2D eigenvalue weighted by molar-refractivity contribution is -0.121. The maximum atomic E-state index is 11.7. The van der Waals surface area contributed by atoms with E-state index in [-0.39, 0.29) is 18.6 Å². The Morgan fingerprint density at radius 3 is 2.84 bits per heavy atom. The molecule has 1 amide bonds. The average Bonchev–Trinajstić information content (AvgIpc) is 2.96. The molecular formula is C15H21NO3. The van der Waals surface area contributed by atoms with Crippen molar-refractivity contribution >= 4 is 5.91 Å². The number of hydrogen-bond donors (Lipinski definition) is 2. The van der Waals surface area contributed by atoms with Gasteiger partial charge in [-0.05, 0) is 30.4 Å². The van der Waals surface area contributed by atoms with Crippen LogP contribution in [0.3, 0.4) is 0 Å². The Morgan fingerprint density at radius 2 is 2.16 bits per heavy atom. The second-order valence-electron chi connectivity index (χ2n) is 4.88. The number of aliphatic hydroxyl groups excluding tert-OH is 1. The summed E-state index contributed by atoms with van der Waals surface area (Å²) in [6.07, 6.45) is 3.74. The van der Waals surface area contributed by atoms with Crippen LogP contribution in [0, 0.1) is 0 Å². The lowest BCUT2D eigenvalue weighted by Gasteiger charge is -2.11. The molecule has 1 atom stereocenters. The Balaban J connectivity index is 1.73. The lowest BCUT2D eigenvalue weighted by Crippen LogP contribution is -2.24. The van der Waals surface area contributed by atoms with Crippen molar-refractivity contribution in [2.45, 2.75) is 44.9 Å². The van der Waals surface area contributed by atoms with Gasteiger partial charge in [-0.2, -0.15) is 0 Å². The van der Waals surface area contributed by atoms with Gasteiger partial charge in [-0.3, -0.25) is 4.79 Å². The molecule has 4 nitrogen and oxygen atoms in total. The Morgan fingerprint density at radius 1 is 1.37 bits per heavy atom. The predicted molar refractivity (Wildman–Crippen MR) is 72.4 cm³/mol. The smallest absolute Gasteiger partial charge is 0.220 e. The van der Waals surface area contributed by atoms with Gasteiger partial charge in [-0.15, -0.1) is 0 Å². The summed E-state index contributed by atoms with van der Waals surface area (Å²) in [5.41, 5.74) is 1.83. The molecule has 4 heteroatoms. The number of amides is 1. The molecule has 1 heterocycles.